The number of fused-ring (bicyclic) bond motifs is 3. The van der Waals surface area contributed by atoms with Crippen molar-refractivity contribution in [3.05, 3.63) is 97.7 Å². The molecule has 5 aromatic rings. The van der Waals surface area contributed by atoms with Gasteiger partial charge in [0.2, 0.25) is 11.7 Å². The van der Waals surface area contributed by atoms with Crippen LogP contribution >= 0.6 is 22.9 Å². The van der Waals surface area contributed by atoms with E-state index in [0.717, 1.165) is 16.0 Å². The third-order valence-electron chi connectivity index (χ3n) is 5.44. The van der Waals surface area contributed by atoms with Gasteiger partial charge in [0.25, 0.3) is 5.56 Å². The van der Waals surface area contributed by atoms with Crippen LogP contribution in [-0.2, 0) is 24.3 Å². The number of amides is 1. The average Bonchev–Trinajstić information content (AvgIpc) is 3.50. The smallest absolute Gasteiger partial charge is 0.263 e. The first kappa shape index (κ1) is 21.4. The van der Waals surface area contributed by atoms with E-state index in [2.05, 4.69) is 15.5 Å². The Bertz CT molecular complexity index is 1490. The Labute approximate surface area is 198 Å². The molecule has 0 atom stereocenters. The Balaban J connectivity index is 1.47. The van der Waals surface area contributed by atoms with Crippen molar-refractivity contribution in [2.45, 2.75) is 25.9 Å². The molecule has 7 nitrogen and oxygen atoms in total. The molecule has 0 aliphatic carbocycles. The highest BCUT2D eigenvalue weighted by molar-refractivity contribution is 7.09. The molecule has 0 spiro atoms. The molecule has 9 heteroatoms. The molecule has 0 saturated heterocycles. The van der Waals surface area contributed by atoms with Gasteiger partial charge >= 0.3 is 0 Å². The van der Waals surface area contributed by atoms with E-state index in [1.54, 1.807) is 34.1 Å². The zero-order valence-electron chi connectivity index (χ0n) is 17.6. The molecular weight excluding hydrogens is 458 g/mol. The van der Waals surface area contributed by atoms with Crippen molar-refractivity contribution in [1.82, 2.24) is 24.5 Å². The van der Waals surface area contributed by atoms with Crippen molar-refractivity contribution < 1.29 is 4.79 Å². The van der Waals surface area contributed by atoms with Gasteiger partial charge in [0, 0.05) is 22.7 Å². The number of halogens is 1. The lowest BCUT2D eigenvalue weighted by Crippen LogP contribution is -2.25. The van der Waals surface area contributed by atoms with Crippen LogP contribution in [0.15, 0.2) is 70.8 Å². The molecule has 3 aromatic heterocycles. The normalized spacial score (nSPS) is 11.3. The lowest BCUT2D eigenvalue weighted by atomic mass is 10.2. The minimum atomic E-state index is -0.138. The Morgan fingerprint density at radius 1 is 1.03 bits per heavy atom. The summed E-state index contributed by atoms with van der Waals surface area (Å²) < 4.78 is 3.48. The van der Waals surface area contributed by atoms with Crippen LogP contribution in [0.5, 0.6) is 0 Å². The zero-order chi connectivity index (χ0) is 22.8. The van der Waals surface area contributed by atoms with Gasteiger partial charge in [0.05, 0.1) is 24.0 Å². The highest BCUT2D eigenvalue weighted by Crippen LogP contribution is 2.17. The van der Waals surface area contributed by atoms with E-state index < -0.39 is 0 Å². The van der Waals surface area contributed by atoms with Crippen molar-refractivity contribution in [2.75, 3.05) is 0 Å². The van der Waals surface area contributed by atoms with E-state index in [-0.39, 0.29) is 17.9 Å². The summed E-state index contributed by atoms with van der Waals surface area (Å²) >= 11 is 7.61. The summed E-state index contributed by atoms with van der Waals surface area (Å²) in [6.45, 7) is 0.852. The summed E-state index contributed by atoms with van der Waals surface area (Å²) in [6.07, 6.45) is 0.678. The summed E-state index contributed by atoms with van der Waals surface area (Å²) in [5, 5.41) is 14.8. The van der Waals surface area contributed by atoms with E-state index in [4.69, 9.17) is 11.6 Å². The minimum absolute atomic E-state index is 0.0565. The number of rotatable bonds is 7. The molecule has 3 heterocycles. The van der Waals surface area contributed by atoms with Crippen LogP contribution in [0.4, 0.5) is 0 Å². The molecule has 33 heavy (non-hydrogen) atoms. The van der Waals surface area contributed by atoms with Crippen molar-refractivity contribution in [1.29, 1.82) is 0 Å². The first-order valence-electron chi connectivity index (χ1n) is 10.5. The van der Waals surface area contributed by atoms with Gasteiger partial charge in [-0.2, -0.15) is 0 Å². The van der Waals surface area contributed by atoms with Gasteiger partial charge in [0.1, 0.15) is 5.82 Å². The van der Waals surface area contributed by atoms with Crippen LogP contribution in [-0.4, -0.2) is 25.1 Å². The van der Waals surface area contributed by atoms with Gasteiger partial charge in [-0.3, -0.25) is 18.6 Å². The molecule has 0 bridgehead atoms. The molecule has 1 amide bonds. The van der Waals surface area contributed by atoms with Gasteiger partial charge in [-0.1, -0.05) is 41.9 Å². The monoisotopic (exact) mass is 477 g/mol. The first-order valence-corrected chi connectivity index (χ1v) is 11.7. The fourth-order valence-corrected chi connectivity index (χ4v) is 4.57. The molecule has 0 radical (unpaired) electrons. The Hall–Kier alpha value is -3.49. The van der Waals surface area contributed by atoms with Gasteiger partial charge in [0.15, 0.2) is 0 Å². The summed E-state index contributed by atoms with van der Waals surface area (Å²) in [6, 6.07) is 18.7. The lowest BCUT2D eigenvalue weighted by molar-refractivity contribution is -0.121. The van der Waals surface area contributed by atoms with Gasteiger partial charge in [-0.05, 0) is 41.3 Å². The number of hydrogen-bond acceptors (Lipinski definition) is 5. The highest BCUT2D eigenvalue weighted by Gasteiger charge is 2.17. The predicted molar refractivity (Wildman–Crippen MR) is 130 cm³/mol. The average molecular weight is 478 g/mol. The number of thiophene rings is 1. The Morgan fingerprint density at radius 3 is 2.64 bits per heavy atom. The Kier molecular flexibility index (Phi) is 5.93. The second kappa shape index (κ2) is 9.17. The third-order valence-corrected chi connectivity index (χ3v) is 6.57. The standard InChI is InChI=1S/C24H20ClN5O2S/c25-17-9-7-16(8-10-17)15-29-23(32)19-5-1-2-6-20(19)30-21(27-28-24(29)30)11-12-22(31)26-14-18-4-3-13-33-18/h1-10,13H,11-12,14-15H2,(H,26,31). The molecule has 0 aliphatic heterocycles. The number of para-hydroxylation sites is 1. The molecule has 5 rings (SSSR count). The second-order valence-electron chi connectivity index (χ2n) is 7.64. The number of carbonyl (C=O) groups is 1. The fraction of sp³-hybridized carbons (Fsp3) is 0.167. The predicted octanol–water partition coefficient (Wildman–Crippen LogP) is 4.06. The number of aromatic nitrogens is 4. The first-order chi connectivity index (χ1) is 16.1. The van der Waals surface area contributed by atoms with Gasteiger partial charge in [-0.15, -0.1) is 21.5 Å². The van der Waals surface area contributed by atoms with E-state index >= 15 is 0 Å². The van der Waals surface area contributed by atoms with Crippen LogP contribution in [0, 0.1) is 0 Å². The SMILES string of the molecule is O=C(CCc1nnc2n(Cc3ccc(Cl)cc3)c(=O)c3ccccc3n12)NCc1cccs1. The fourth-order valence-electron chi connectivity index (χ4n) is 3.80. The summed E-state index contributed by atoms with van der Waals surface area (Å²) in [7, 11) is 0. The molecule has 0 saturated carbocycles. The maximum atomic E-state index is 13.3. The van der Waals surface area contributed by atoms with Crippen molar-refractivity contribution in [3.63, 3.8) is 0 Å². The van der Waals surface area contributed by atoms with Crippen molar-refractivity contribution in [2.24, 2.45) is 0 Å². The maximum absolute atomic E-state index is 13.3. The number of nitrogens with one attached hydrogen (secondary N) is 1. The van der Waals surface area contributed by atoms with E-state index in [1.807, 2.05) is 52.2 Å². The van der Waals surface area contributed by atoms with Crippen molar-refractivity contribution >= 4 is 45.5 Å². The van der Waals surface area contributed by atoms with Crippen LogP contribution in [0.3, 0.4) is 0 Å². The number of benzene rings is 2. The maximum Gasteiger partial charge on any atom is 0.263 e. The molecular formula is C24H20ClN5O2S. The third kappa shape index (κ3) is 4.40. The molecule has 0 aliphatic rings. The number of nitrogens with zero attached hydrogens (tertiary/aromatic N) is 4. The van der Waals surface area contributed by atoms with E-state index in [1.165, 1.54) is 0 Å². The number of carbonyl (C=O) groups excluding carboxylic acids is 1. The quantitative estimate of drug-likeness (QED) is 0.383. The van der Waals surface area contributed by atoms with Crippen LogP contribution in [0.2, 0.25) is 5.02 Å². The Morgan fingerprint density at radius 2 is 1.85 bits per heavy atom. The molecule has 2 aromatic carbocycles. The largest absolute Gasteiger partial charge is 0.351 e. The zero-order valence-corrected chi connectivity index (χ0v) is 19.1. The topological polar surface area (TPSA) is 81.3 Å². The van der Waals surface area contributed by atoms with Gasteiger partial charge in [-0.25, -0.2) is 0 Å². The number of aryl methyl sites for hydroxylation is 1. The summed E-state index contributed by atoms with van der Waals surface area (Å²) in [5.74, 6) is 1.03. The molecule has 1 N–H and O–H groups in total. The highest BCUT2D eigenvalue weighted by atomic mass is 35.5. The van der Waals surface area contributed by atoms with Crippen molar-refractivity contribution in [3.8, 4) is 0 Å². The molecule has 0 unspecified atom stereocenters. The number of hydrogen-bond donors (Lipinski definition) is 1. The molecule has 0 fully saturated rings. The lowest BCUT2D eigenvalue weighted by Gasteiger charge is -2.12. The van der Waals surface area contributed by atoms with Gasteiger partial charge < -0.3 is 5.32 Å². The summed E-state index contributed by atoms with van der Waals surface area (Å²) in [5.41, 5.74) is 1.51. The van der Waals surface area contributed by atoms with Crippen LogP contribution in [0.25, 0.3) is 16.7 Å². The van der Waals surface area contributed by atoms with Crippen LogP contribution in [0.1, 0.15) is 22.7 Å². The van der Waals surface area contributed by atoms with Crippen LogP contribution < -0.4 is 10.9 Å². The minimum Gasteiger partial charge on any atom is -0.351 e. The second-order valence-corrected chi connectivity index (χ2v) is 9.11. The van der Waals surface area contributed by atoms with E-state index in [9.17, 15) is 9.59 Å². The summed E-state index contributed by atoms with van der Waals surface area (Å²) in [4.78, 5) is 26.8. The molecule has 166 valence electrons. The van der Waals surface area contributed by atoms with E-state index in [0.29, 0.717) is 41.5 Å².